The van der Waals surface area contributed by atoms with Crippen LogP contribution in [0.5, 0.6) is 0 Å². The Morgan fingerprint density at radius 2 is 2.00 bits per heavy atom. The summed E-state index contributed by atoms with van der Waals surface area (Å²) in [5.41, 5.74) is 0.774. The van der Waals surface area contributed by atoms with Gasteiger partial charge < -0.3 is 9.84 Å². The molecule has 19 heavy (non-hydrogen) atoms. The Bertz CT molecular complexity index is 388. The molecular weight excluding hydrogens is 242 g/mol. The lowest BCUT2D eigenvalue weighted by Crippen LogP contribution is -2.31. The summed E-state index contributed by atoms with van der Waals surface area (Å²) < 4.78 is 5.71. The molecule has 0 aromatic heterocycles. The van der Waals surface area contributed by atoms with Crippen molar-refractivity contribution in [1.82, 2.24) is 5.32 Å². The first-order valence-corrected chi connectivity index (χ1v) is 6.90. The molecule has 2 N–H and O–H groups in total. The van der Waals surface area contributed by atoms with Crippen LogP contribution in [0.4, 0.5) is 0 Å². The predicted octanol–water partition coefficient (Wildman–Crippen LogP) is 2.36. The smallest absolute Gasteiger partial charge is 0.325 e. The number of carboxylic acids is 1. The Hall–Kier alpha value is -1.39. The van der Waals surface area contributed by atoms with Gasteiger partial charge in [0.05, 0.1) is 12.7 Å². The first kappa shape index (κ1) is 14.0. The van der Waals surface area contributed by atoms with E-state index in [-0.39, 0.29) is 0 Å². The van der Waals surface area contributed by atoms with Crippen molar-refractivity contribution in [2.24, 2.45) is 0 Å². The van der Waals surface area contributed by atoms with Crippen LogP contribution in [-0.4, -0.2) is 30.3 Å². The minimum atomic E-state index is -0.855. The molecule has 1 aliphatic rings. The average molecular weight is 263 g/mol. The topological polar surface area (TPSA) is 58.6 Å². The highest BCUT2D eigenvalue weighted by molar-refractivity contribution is 5.75. The van der Waals surface area contributed by atoms with Crippen LogP contribution >= 0.6 is 0 Å². The van der Waals surface area contributed by atoms with Gasteiger partial charge in [-0.3, -0.25) is 10.1 Å². The number of hydrogen-bond donors (Lipinski definition) is 2. The fourth-order valence-electron chi connectivity index (χ4n) is 2.48. The summed E-state index contributed by atoms with van der Waals surface area (Å²) in [5, 5.41) is 12.3. The second kappa shape index (κ2) is 7.26. The van der Waals surface area contributed by atoms with Crippen molar-refractivity contribution >= 4 is 5.97 Å². The van der Waals surface area contributed by atoms with Gasteiger partial charge in [0.25, 0.3) is 0 Å². The van der Waals surface area contributed by atoms with Gasteiger partial charge in [0, 0.05) is 6.54 Å². The van der Waals surface area contributed by atoms with E-state index in [0.29, 0.717) is 19.3 Å². The molecule has 1 aromatic carbocycles. The highest BCUT2D eigenvalue weighted by Gasteiger charge is 2.19. The fourth-order valence-corrected chi connectivity index (χ4v) is 2.48. The maximum atomic E-state index is 11.2. The molecule has 1 aromatic rings. The second-order valence-corrected chi connectivity index (χ2v) is 4.91. The average Bonchev–Trinajstić information content (AvgIpc) is 2.92. The molecule has 0 amide bonds. The van der Waals surface area contributed by atoms with Gasteiger partial charge in [-0.15, -0.1) is 0 Å². The van der Waals surface area contributed by atoms with Gasteiger partial charge in [-0.25, -0.2) is 0 Å². The monoisotopic (exact) mass is 263 g/mol. The van der Waals surface area contributed by atoms with E-state index in [1.165, 1.54) is 12.8 Å². The molecule has 104 valence electrons. The van der Waals surface area contributed by atoms with Crippen LogP contribution in [0.1, 0.15) is 37.3 Å². The van der Waals surface area contributed by atoms with Gasteiger partial charge in [0.15, 0.2) is 0 Å². The van der Waals surface area contributed by atoms with E-state index in [0.717, 1.165) is 18.4 Å². The fraction of sp³-hybridized carbons (Fsp3) is 0.533. The third-order valence-corrected chi connectivity index (χ3v) is 3.49. The molecule has 1 fully saturated rings. The van der Waals surface area contributed by atoms with Crippen molar-refractivity contribution in [3.05, 3.63) is 35.9 Å². The van der Waals surface area contributed by atoms with Gasteiger partial charge in [-0.05, 0) is 18.4 Å². The Balaban J connectivity index is 1.76. The molecule has 1 saturated carbocycles. The van der Waals surface area contributed by atoms with Crippen molar-refractivity contribution in [3.8, 4) is 0 Å². The third-order valence-electron chi connectivity index (χ3n) is 3.49. The van der Waals surface area contributed by atoms with Gasteiger partial charge >= 0.3 is 5.97 Å². The summed E-state index contributed by atoms with van der Waals surface area (Å²) in [4.78, 5) is 11.2. The Kier molecular flexibility index (Phi) is 5.36. The van der Waals surface area contributed by atoms with Crippen LogP contribution in [-0.2, 0) is 9.53 Å². The molecule has 4 heteroatoms. The van der Waals surface area contributed by atoms with Crippen LogP contribution in [0.15, 0.2) is 30.3 Å². The van der Waals surface area contributed by atoms with Crippen LogP contribution < -0.4 is 5.32 Å². The van der Waals surface area contributed by atoms with Crippen molar-refractivity contribution in [1.29, 1.82) is 0 Å². The van der Waals surface area contributed by atoms with E-state index < -0.39 is 12.0 Å². The number of benzene rings is 1. The Morgan fingerprint density at radius 1 is 1.32 bits per heavy atom. The first-order valence-electron chi connectivity index (χ1n) is 6.90. The van der Waals surface area contributed by atoms with E-state index in [9.17, 15) is 9.90 Å². The normalized spacial score (nSPS) is 17.5. The van der Waals surface area contributed by atoms with E-state index in [1.807, 2.05) is 30.3 Å². The highest BCUT2D eigenvalue weighted by Crippen LogP contribution is 2.20. The lowest BCUT2D eigenvalue weighted by Gasteiger charge is -2.16. The van der Waals surface area contributed by atoms with Crippen LogP contribution in [0.25, 0.3) is 0 Å². The molecule has 1 aliphatic carbocycles. The van der Waals surface area contributed by atoms with E-state index >= 15 is 0 Å². The minimum Gasteiger partial charge on any atom is -0.480 e. The number of carbonyl (C=O) groups is 1. The number of hydrogen-bond acceptors (Lipinski definition) is 3. The summed E-state index contributed by atoms with van der Waals surface area (Å²) in [6.45, 7) is 1.13. The number of ether oxygens (including phenoxy) is 1. The van der Waals surface area contributed by atoms with E-state index in [1.54, 1.807) is 0 Å². The summed E-state index contributed by atoms with van der Waals surface area (Å²) >= 11 is 0. The highest BCUT2D eigenvalue weighted by atomic mass is 16.5. The standard InChI is InChI=1S/C15H21NO3/c17-15(18)14(12-6-2-1-3-7-12)16-10-11-19-13-8-4-5-9-13/h1-3,6-7,13-14,16H,4-5,8-11H2,(H,17,18). The van der Waals surface area contributed by atoms with Gasteiger partial charge in [-0.1, -0.05) is 43.2 Å². The maximum Gasteiger partial charge on any atom is 0.325 e. The van der Waals surface area contributed by atoms with Gasteiger partial charge in [0.1, 0.15) is 6.04 Å². The molecule has 1 unspecified atom stereocenters. The van der Waals surface area contributed by atoms with E-state index in [4.69, 9.17) is 4.74 Å². The SMILES string of the molecule is O=C(O)C(NCCOC1CCCC1)c1ccccc1. The number of carboxylic acid groups (broad SMARTS) is 1. The molecule has 0 spiro atoms. The zero-order valence-electron chi connectivity index (χ0n) is 11.0. The first-order chi connectivity index (χ1) is 9.27. The molecule has 2 rings (SSSR count). The van der Waals surface area contributed by atoms with Crippen molar-refractivity contribution in [2.75, 3.05) is 13.2 Å². The third kappa shape index (κ3) is 4.33. The zero-order chi connectivity index (χ0) is 13.5. The molecule has 4 nitrogen and oxygen atoms in total. The summed E-state index contributed by atoms with van der Waals surface area (Å²) in [5.74, 6) is -0.855. The van der Waals surface area contributed by atoms with Crippen molar-refractivity contribution in [3.63, 3.8) is 0 Å². The molecule has 0 bridgehead atoms. The lowest BCUT2D eigenvalue weighted by atomic mass is 10.1. The number of nitrogens with one attached hydrogen (secondary N) is 1. The Morgan fingerprint density at radius 3 is 2.63 bits per heavy atom. The maximum absolute atomic E-state index is 11.2. The second-order valence-electron chi connectivity index (χ2n) is 4.91. The van der Waals surface area contributed by atoms with Crippen molar-refractivity contribution < 1.29 is 14.6 Å². The van der Waals surface area contributed by atoms with Gasteiger partial charge in [0.2, 0.25) is 0 Å². The van der Waals surface area contributed by atoms with E-state index in [2.05, 4.69) is 5.32 Å². The molecule has 0 heterocycles. The molecular formula is C15H21NO3. The van der Waals surface area contributed by atoms with Crippen LogP contribution in [0, 0.1) is 0 Å². The molecule has 1 atom stereocenters. The summed E-state index contributed by atoms with van der Waals surface area (Å²) in [6, 6.07) is 8.57. The minimum absolute atomic E-state index is 0.377. The van der Waals surface area contributed by atoms with Crippen molar-refractivity contribution in [2.45, 2.75) is 37.8 Å². The summed E-state index contributed by atoms with van der Waals surface area (Å²) in [6.07, 6.45) is 5.16. The lowest BCUT2D eigenvalue weighted by molar-refractivity contribution is -0.139. The molecule has 0 saturated heterocycles. The van der Waals surface area contributed by atoms with Crippen LogP contribution in [0.2, 0.25) is 0 Å². The summed E-state index contributed by atoms with van der Waals surface area (Å²) in [7, 11) is 0. The number of aliphatic carboxylic acids is 1. The molecule has 0 radical (unpaired) electrons. The largest absolute Gasteiger partial charge is 0.480 e. The predicted molar refractivity (Wildman–Crippen MR) is 73.0 cm³/mol. The number of rotatable bonds is 7. The zero-order valence-corrected chi connectivity index (χ0v) is 11.0. The molecule has 0 aliphatic heterocycles. The Labute approximate surface area is 113 Å². The quantitative estimate of drug-likeness (QED) is 0.741. The van der Waals surface area contributed by atoms with Crippen LogP contribution in [0.3, 0.4) is 0 Å². The van der Waals surface area contributed by atoms with Gasteiger partial charge in [-0.2, -0.15) is 0 Å².